The highest BCUT2D eigenvalue weighted by Crippen LogP contribution is 2.21. The second-order valence-electron chi connectivity index (χ2n) is 4.23. The number of fused-ring (bicyclic) bond motifs is 1. The van der Waals surface area contributed by atoms with Crippen molar-refractivity contribution in [3.63, 3.8) is 0 Å². The molecule has 0 aliphatic carbocycles. The Bertz CT molecular complexity index is 809. The van der Waals surface area contributed by atoms with Crippen molar-refractivity contribution in [1.29, 1.82) is 0 Å². The lowest BCUT2D eigenvalue weighted by Crippen LogP contribution is -2.13. The molecular weight excluding hydrogens is 258 g/mol. The number of hydrogen-bond donors (Lipinski definition) is 0. The summed E-state index contributed by atoms with van der Waals surface area (Å²) < 4.78 is 1.24. The second-order valence-corrected chi connectivity index (χ2v) is 4.23. The van der Waals surface area contributed by atoms with Gasteiger partial charge in [0.1, 0.15) is 0 Å². The molecule has 0 N–H and O–H groups in total. The fourth-order valence-electron chi connectivity index (χ4n) is 2.00. The van der Waals surface area contributed by atoms with E-state index >= 15 is 0 Å². The van der Waals surface area contributed by atoms with E-state index in [4.69, 9.17) is 0 Å². The fourth-order valence-corrected chi connectivity index (χ4v) is 2.00. The summed E-state index contributed by atoms with van der Waals surface area (Å²) in [6, 6.07) is 13.0. The van der Waals surface area contributed by atoms with Crippen LogP contribution in [0.5, 0.6) is 0 Å². The summed E-state index contributed by atoms with van der Waals surface area (Å²) >= 11 is 0. The number of nitro benzene ring substituents is 1. The number of hydrogen-bond acceptors (Lipinski definition) is 4. The third-order valence-electron chi connectivity index (χ3n) is 2.98. The van der Waals surface area contributed by atoms with Crippen LogP contribution in [0.4, 0.5) is 5.69 Å². The lowest BCUT2D eigenvalue weighted by Gasteiger charge is -2.02. The molecule has 1 aromatic heterocycles. The molecule has 0 aliphatic rings. The molecule has 0 radical (unpaired) electrons. The highest BCUT2D eigenvalue weighted by Gasteiger charge is 2.15. The van der Waals surface area contributed by atoms with Crippen LogP contribution in [-0.4, -0.2) is 20.6 Å². The number of carbonyl (C=O) groups excluding carboxylic acids is 1. The van der Waals surface area contributed by atoms with E-state index < -0.39 is 4.92 Å². The number of nitrogens with zero attached hydrogens (tertiary/aromatic N) is 3. The molecule has 0 aliphatic heterocycles. The largest absolute Gasteiger partial charge is 0.278 e. The first-order valence-corrected chi connectivity index (χ1v) is 5.89. The summed E-state index contributed by atoms with van der Waals surface area (Å²) in [6.07, 6.45) is 1.45. The summed E-state index contributed by atoms with van der Waals surface area (Å²) in [7, 11) is 0. The van der Waals surface area contributed by atoms with Crippen molar-refractivity contribution in [2.75, 3.05) is 0 Å². The SMILES string of the molecule is O=C(c1ccccc1)n1ncc2cc([N+](=O)[O-])ccc21. The van der Waals surface area contributed by atoms with Crippen LogP contribution in [0.15, 0.2) is 54.7 Å². The molecule has 98 valence electrons. The minimum atomic E-state index is -0.476. The van der Waals surface area contributed by atoms with Crippen LogP contribution in [0.25, 0.3) is 10.9 Å². The molecule has 1 heterocycles. The monoisotopic (exact) mass is 267 g/mol. The molecule has 2 aromatic carbocycles. The summed E-state index contributed by atoms with van der Waals surface area (Å²) in [5.41, 5.74) is 1.03. The van der Waals surface area contributed by atoms with Gasteiger partial charge in [-0.2, -0.15) is 9.78 Å². The van der Waals surface area contributed by atoms with Gasteiger partial charge in [-0.05, 0) is 18.2 Å². The van der Waals surface area contributed by atoms with Gasteiger partial charge in [-0.15, -0.1) is 0 Å². The van der Waals surface area contributed by atoms with E-state index in [1.165, 1.54) is 29.1 Å². The number of rotatable bonds is 2. The van der Waals surface area contributed by atoms with Crippen LogP contribution in [0, 0.1) is 10.1 Å². The third-order valence-corrected chi connectivity index (χ3v) is 2.98. The maximum absolute atomic E-state index is 12.3. The molecule has 0 atom stereocenters. The molecule has 0 amide bonds. The van der Waals surface area contributed by atoms with Crippen molar-refractivity contribution in [3.8, 4) is 0 Å². The van der Waals surface area contributed by atoms with Crippen molar-refractivity contribution in [3.05, 3.63) is 70.4 Å². The maximum atomic E-state index is 12.3. The first-order chi connectivity index (χ1) is 9.66. The van der Waals surface area contributed by atoms with E-state index in [9.17, 15) is 14.9 Å². The fraction of sp³-hybridized carbons (Fsp3) is 0. The maximum Gasteiger partial charge on any atom is 0.278 e. The molecule has 0 bridgehead atoms. The topological polar surface area (TPSA) is 78.0 Å². The van der Waals surface area contributed by atoms with Gasteiger partial charge in [-0.1, -0.05) is 18.2 Å². The Hall–Kier alpha value is -3.02. The minimum Gasteiger partial charge on any atom is -0.267 e. The second kappa shape index (κ2) is 4.58. The van der Waals surface area contributed by atoms with Crippen LogP contribution in [-0.2, 0) is 0 Å². The zero-order chi connectivity index (χ0) is 14.1. The van der Waals surface area contributed by atoms with E-state index in [0.29, 0.717) is 16.5 Å². The van der Waals surface area contributed by atoms with Gasteiger partial charge in [0.25, 0.3) is 11.6 Å². The van der Waals surface area contributed by atoms with E-state index in [0.717, 1.165) is 0 Å². The molecule has 0 unspecified atom stereocenters. The Kier molecular flexibility index (Phi) is 2.76. The molecule has 0 fully saturated rings. The number of nitro groups is 1. The first-order valence-electron chi connectivity index (χ1n) is 5.89. The van der Waals surface area contributed by atoms with Crippen molar-refractivity contribution in [1.82, 2.24) is 9.78 Å². The predicted octanol–water partition coefficient (Wildman–Crippen LogP) is 2.63. The van der Waals surface area contributed by atoms with Crippen LogP contribution >= 0.6 is 0 Å². The first kappa shape index (κ1) is 12.0. The molecule has 0 saturated carbocycles. The molecule has 6 nitrogen and oxygen atoms in total. The third kappa shape index (κ3) is 1.93. The van der Waals surface area contributed by atoms with Gasteiger partial charge in [-0.3, -0.25) is 14.9 Å². The van der Waals surface area contributed by atoms with E-state index in [1.807, 2.05) is 6.07 Å². The van der Waals surface area contributed by atoms with E-state index in [-0.39, 0.29) is 11.6 Å². The summed E-state index contributed by atoms with van der Waals surface area (Å²) in [4.78, 5) is 22.5. The average molecular weight is 267 g/mol. The Morgan fingerprint density at radius 1 is 1.15 bits per heavy atom. The van der Waals surface area contributed by atoms with E-state index in [2.05, 4.69) is 5.10 Å². The standard InChI is InChI=1S/C14H9N3O3/c18-14(10-4-2-1-3-5-10)16-13-7-6-12(17(19)20)8-11(13)9-15-16/h1-9H. The van der Waals surface area contributed by atoms with Gasteiger partial charge in [0.15, 0.2) is 0 Å². The molecular formula is C14H9N3O3. The summed E-state index contributed by atoms with van der Waals surface area (Å²) in [6.45, 7) is 0. The predicted molar refractivity (Wildman–Crippen MR) is 72.6 cm³/mol. The zero-order valence-electron chi connectivity index (χ0n) is 10.3. The highest BCUT2D eigenvalue weighted by atomic mass is 16.6. The molecule has 3 rings (SSSR count). The summed E-state index contributed by atoms with van der Waals surface area (Å²) in [5, 5.41) is 15.3. The van der Waals surface area contributed by atoms with Crippen LogP contribution in [0.2, 0.25) is 0 Å². The molecule has 3 aromatic rings. The number of aromatic nitrogens is 2. The van der Waals surface area contributed by atoms with Crippen LogP contribution in [0.3, 0.4) is 0 Å². The van der Waals surface area contributed by atoms with Crippen molar-refractivity contribution >= 4 is 22.5 Å². The minimum absolute atomic E-state index is 0.0239. The molecule has 20 heavy (non-hydrogen) atoms. The number of carbonyl (C=O) groups is 1. The number of non-ortho nitro benzene ring substituents is 1. The van der Waals surface area contributed by atoms with Crippen molar-refractivity contribution < 1.29 is 9.72 Å². The number of benzene rings is 2. The quantitative estimate of drug-likeness (QED) is 0.528. The van der Waals surface area contributed by atoms with Gasteiger partial charge in [0, 0.05) is 23.1 Å². The van der Waals surface area contributed by atoms with Crippen molar-refractivity contribution in [2.24, 2.45) is 0 Å². The Balaban J connectivity index is 2.09. The van der Waals surface area contributed by atoms with Gasteiger partial charge in [0.05, 0.1) is 16.6 Å². The Labute approximate surface area is 113 Å². The zero-order valence-corrected chi connectivity index (χ0v) is 10.3. The normalized spacial score (nSPS) is 10.6. The lowest BCUT2D eigenvalue weighted by atomic mass is 10.2. The van der Waals surface area contributed by atoms with Crippen LogP contribution in [0.1, 0.15) is 10.4 Å². The van der Waals surface area contributed by atoms with Gasteiger partial charge in [-0.25, -0.2) is 0 Å². The van der Waals surface area contributed by atoms with Crippen molar-refractivity contribution in [2.45, 2.75) is 0 Å². The molecule has 0 saturated heterocycles. The van der Waals surface area contributed by atoms with Gasteiger partial charge < -0.3 is 0 Å². The lowest BCUT2D eigenvalue weighted by molar-refractivity contribution is -0.384. The van der Waals surface area contributed by atoms with E-state index in [1.54, 1.807) is 24.3 Å². The molecule has 6 heteroatoms. The van der Waals surface area contributed by atoms with Gasteiger partial charge >= 0.3 is 0 Å². The smallest absolute Gasteiger partial charge is 0.267 e. The highest BCUT2D eigenvalue weighted by molar-refractivity contribution is 6.01. The Morgan fingerprint density at radius 2 is 1.90 bits per heavy atom. The Morgan fingerprint density at radius 3 is 2.60 bits per heavy atom. The van der Waals surface area contributed by atoms with Crippen LogP contribution < -0.4 is 0 Å². The van der Waals surface area contributed by atoms with Gasteiger partial charge in [0.2, 0.25) is 0 Å². The average Bonchev–Trinajstić information content (AvgIpc) is 2.90. The molecule has 0 spiro atoms. The summed E-state index contributed by atoms with van der Waals surface area (Å²) in [5.74, 6) is -0.269.